The molecule has 2 rings (SSSR count). The van der Waals surface area contributed by atoms with Gasteiger partial charge in [0.15, 0.2) is 0 Å². The van der Waals surface area contributed by atoms with Crippen LogP contribution in [0.25, 0.3) is 0 Å². The Labute approximate surface area is 114 Å². The molecule has 3 N–H and O–H groups in total. The van der Waals surface area contributed by atoms with Gasteiger partial charge in [0.25, 0.3) is 0 Å². The van der Waals surface area contributed by atoms with Crippen LogP contribution in [-0.4, -0.2) is 24.1 Å². The summed E-state index contributed by atoms with van der Waals surface area (Å²) in [4.78, 5) is 11.9. The lowest BCUT2D eigenvalue weighted by atomic mass is 9.94. The normalized spacial score (nSPS) is 19.1. The van der Waals surface area contributed by atoms with Gasteiger partial charge >= 0.3 is 0 Å². The Bertz CT molecular complexity index is 414. The number of aliphatic hydroxyl groups is 1. The van der Waals surface area contributed by atoms with Crippen LogP contribution < -0.4 is 10.6 Å². The number of amides is 1. The number of rotatable bonds is 5. The number of hydrogen-bond donors (Lipinski definition) is 3. The number of carbonyl (C=O) groups excluding carboxylic acids is 1. The Morgan fingerprint density at radius 3 is 3.11 bits per heavy atom. The van der Waals surface area contributed by atoms with E-state index in [2.05, 4.69) is 10.6 Å². The smallest absolute Gasteiger partial charge is 0.224 e. The van der Waals surface area contributed by atoms with Crippen molar-refractivity contribution in [3.05, 3.63) is 29.8 Å². The fourth-order valence-corrected chi connectivity index (χ4v) is 2.48. The lowest BCUT2D eigenvalue weighted by molar-refractivity contribution is -0.116. The monoisotopic (exact) mass is 262 g/mol. The highest BCUT2D eigenvalue weighted by molar-refractivity contribution is 5.90. The zero-order valence-corrected chi connectivity index (χ0v) is 11.2. The number of benzene rings is 1. The quantitative estimate of drug-likeness (QED) is 0.759. The second-order valence-corrected chi connectivity index (χ2v) is 5.16. The lowest BCUT2D eigenvalue weighted by Gasteiger charge is -2.22. The van der Waals surface area contributed by atoms with Crippen LogP contribution in [0.4, 0.5) is 5.69 Å². The largest absolute Gasteiger partial charge is 0.392 e. The van der Waals surface area contributed by atoms with Crippen LogP contribution in [-0.2, 0) is 11.4 Å². The predicted molar refractivity (Wildman–Crippen MR) is 75.8 cm³/mol. The first kappa shape index (κ1) is 14.0. The molecule has 1 atom stereocenters. The van der Waals surface area contributed by atoms with Crippen molar-refractivity contribution in [2.24, 2.45) is 5.92 Å². The molecular formula is C15H22N2O2. The van der Waals surface area contributed by atoms with E-state index in [1.807, 2.05) is 18.2 Å². The van der Waals surface area contributed by atoms with Crippen molar-refractivity contribution in [3.63, 3.8) is 0 Å². The Balaban J connectivity index is 1.76. The van der Waals surface area contributed by atoms with Gasteiger partial charge in [0.2, 0.25) is 5.91 Å². The van der Waals surface area contributed by atoms with E-state index in [-0.39, 0.29) is 12.5 Å². The van der Waals surface area contributed by atoms with Crippen molar-refractivity contribution in [1.29, 1.82) is 0 Å². The molecule has 1 aliphatic heterocycles. The number of aliphatic hydroxyl groups excluding tert-OH is 1. The Hall–Kier alpha value is -1.39. The fraction of sp³-hybridized carbons (Fsp3) is 0.533. The van der Waals surface area contributed by atoms with Crippen LogP contribution in [0.3, 0.4) is 0 Å². The molecule has 1 aliphatic rings. The summed E-state index contributed by atoms with van der Waals surface area (Å²) in [6.07, 6.45) is 3.94. The summed E-state index contributed by atoms with van der Waals surface area (Å²) < 4.78 is 0. The van der Waals surface area contributed by atoms with E-state index >= 15 is 0 Å². The lowest BCUT2D eigenvalue weighted by Crippen LogP contribution is -2.30. The number of nitrogens with one attached hydrogen (secondary N) is 2. The van der Waals surface area contributed by atoms with E-state index < -0.39 is 0 Å². The van der Waals surface area contributed by atoms with E-state index in [0.717, 1.165) is 30.8 Å². The summed E-state index contributed by atoms with van der Waals surface area (Å²) in [6, 6.07) is 7.33. The molecule has 1 saturated heterocycles. The minimum absolute atomic E-state index is 0.00253. The Kier molecular flexibility index (Phi) is 5.36. The van der Waals surface area contributed by atoms with Gasteiger partial charge < -0.3 is 15.7 Å². The third-order valence-electron chi connectivity index (χ3n) is 3.57. The zero-order chi connectivity index (χ0) is 13.5. The summed E-state index contributed by atoms with van der Waals surface area (Å²) in [5.74, 6) is 0.684. The first-order valence-corrected chi connectivity index (χ1v) is 6.98. The summed E-state index contributed by atoms with van der Waals surface area (Å²) >= 11 is 0. The highest BCUT2D eigenvalue weighted by Gasteiger charge is 2.14. The van der Waals surface area contributed by atoms with E-state index in [4.69, 9.17) is 5.11 Å². The highest BCUT2D eigenvalue weighted by atomic mass is 16.3. The average molecular weight is 262 g/mol. The van der Waals surface area contributed by atoms with Gasteiger partial charge in [-0.25, -0.2) is 0 Å². The Morgan fingerprint density at radius 2 is 2.37 bits per heavy atom. The molecule has 1 amide bonds. The molecule has 19 heavy (non-hydrogen) atoms. The van der Waals surface area contributed by atoms with Gasteiger partial charge in [-0.1, -0.05) is 12.1 Å². The van der Waals surface area contributed by atoms with Crippen LogP contribution in [0, 0.1) is 5.92 Å². The standard InChI is InChI=1S/C15H22N2O2/c18-11-13-3-1-5-14(9-13)17-15(19)7-6-12-4-2-8-16-10-12/h1,3,5,9,12,16,18H,2,4,6-8,10-11H2,(H,17,19). The number of piperidine rings is 1. The Morgan fingerprint density at radius 1 is 1.47 bits per heavy atom. The SMILES string of the molecule is O=C(CCC1CCCNC1)Nc1cccc(CO)c1. The summed E-state index contributed by atoms with van der Waals surface area (Å²) in [5, 5.41) is 15.3. The van der Waals surface area contributed by atoms with Gasteiger partial charge in [-0.15, -0.1) is 0 Å². The molecule has 1 aromatic rings. The summed E-state index contributed by atoms with van der Waals surface area (Å²) in [5.41, 5.74) is 1.58. The molecule has 1 unspecified atom stereocenters. The minimum atomic E-state index is -0.00253. The maximum atomic E-state index is 11.9. The summed E-state index contributed by atoms with van der Waals surface area (Å²) in [6.45, 7) is 2.14. The van der Waals surface area contributed by atoms with Crippen LogP contribution in [0.5, 0.6) is 0 Å². The van der Waals surface area contributed by atoms with Crippen molar-refractivity contribution in [2.75, 3.05) is 18.4 Å². The van der Waals surface area contributed by atoms with E-state index in [1.165, 1.54) is 12.8 Å². The van der Waals surface area contributed by atoms with Gasteiger partial charge in [-0.3, -0.25) is 4.79 Å². The maximum absolute atomic E-state index is 11.9. The molecule has 0 aromatic heterocycles. The first-order chi connectivity index (χ1) is 9.28. The maximum Gasteiger partial charge on any atom is 0.224 e. The summed E-state index contributed by atoms with van der Waals surface area (Å²) in [7, 11) is 0. The van der Waals surface area contributed by atoms with Crippen molar-refractivity contribution >= 4 is 11.6 Å². The molecule has 1 aromatic carbocycles. The van der Waals surface area contributed by atoms with Crippen LogP contribution in [0.2, 0.25) is 0 Å². The topological polar surface area (TPSA) is 61.4 Å². The van der Waals surface area contributed by atoms with Gasteiger partial charge in [-0.2, -0.15) is 0 Å². The molecule has 104 valence electrons. The molecule has 0 aliphatic carbocycles. The molecular weight excluding hydrogens is 240 g/mol. The van der Waals surface area contributed by atoms with E-state index in [1.54, 1.807) is 6.07 Å². The number of hydrogen-bond acceptors (Lipinski definition) is 3. The highest BCUT2D eigenvalue weighted by Crippen LogP contribution is 2.17. The molecule has 4 heteroatoms. The zero-order valence-electron chi connectivity index (χ0n) is 11.2. The van der Waals surface area contributed by atoms with Crippen molar-refractivity contribution in [3.8, 4) is 0 Å². The van der Waals surface area contributed by atoms with E-state index in [0.29, 0.717) is 12.3 Å². The first-order valence-electron chi connectivity index (χ1n) is 6.98. The predicted octanol–water partition coefficient (Wildman–Crippen LogP) is 1.90. The van der Waals surface area contributed by atoms with Crippen molar-refractivity contribution in [1.82, 2.24) is 5.32 Å². The second kappa shape index (κ2) is 7.26. The molecule has 0 radical (unpaired) electrons. The fourth-order valence-electron chi connectivity index (χ4n) is 2.48. The third kappa shape index (κ3) is 4.65. The molecule has 0 spiro atoms. The van der Waals surface area contributed by atoms with Gasteiger partial charge in [-0.05, 0) is 56.0 Å². The molecule has 0 bridgehead atoms. The molecule has 1 fully saturated rings. The van der Waals surface area contributed by atoms with Gasteiger partial charge in [0, 0.05) is 12.1 Å². The van der Waals surface area contributed by atoms with Crippen LogP contribution in [0.1, 0.15) is 31.2 Å². The minimum Gasteiger partial charge on any atom is -0.392 e. The van der Waals surface area contributed by atoms with E-state index in [9.17, 15) is 4.79 Å². The van der Waals surface area contributed by atoms with Gasteiger partial charge in [0.1, 0.15) is 0 Å². The molecule has 0 saturated carbocycles. The van der Waals surface area contributed by atoms with Gasteiger partial charge in [0.05, 0.1) is 6.61 Å². The number of anilines is 1. The molecule has 4 nitrogen and oxygen atoms in total. The van der Waals surface area contributed by atoms with Crippen LogP contribution >= 0.6 is 0 Å². The third-order valence-corrected chi connectivity index (χ3v) is 3.57. The number of carbonyl (C=O) groups is 1. The van der Waals surface area contributed by atoms with Crippen molar-refractivity contribution in [2.45, 2.75) is 32.3 Å². The van der Waals surface area contributed by atoms with Crippen molar-refractivity contribution < 1.29 is 9.90 Å². The molecule has 1 heterocycles. The van der Waals surface area contributed by atoms with Crippen LogP contribution in [0.15, 0.2) is 24.3 Å². The average Bonchev–Trinajstić information content (AvgIpc) is 2.46. The second-order valence-electron chi connectivity index (χ2n) is 5.16.